The molecule has 0 aliphatic heterocycles. The molecule has 132 valence electrons. The fourth-order valence-electron chi connectivity index (χ4n) is 1.94. The summed E-state index contributed by atoms with van der Waals surface area (Å²) in [6, 6.07) is 6.21. The van der Waals surface area contributed by atoms with Gasteiger partial charge < -0.3 is 10.1 Å². The minimum atomic E-state index is -4.11. The largest absolute Gasteiger partial charge is 0.480 e. The van der Waals surface area contributed by atoms with Crippen molar-refractivity contribution in [3.05, 3.63) is 60.6 Å². The van der Waals surface area contributed by atoms with Crippen LogP contribution < -0.4 is 14.8 Å². The van der Waals surface area contributed by atoms with Crippen molar-refractivity contribution in [1.82, 2.24) is 9.71 Å². The van der Waals surface area contributed by atoms with E-state index < -0.39 is 26.6 Å². The van der Waals surface area contributed by atoms with Gasteiger partial charge in [-0.15, -0.1) is 6.58 Å². The second-order valence-corrected chi connectivity index (χ2v) is 6.54. The molecule has 0 spiro atoms. The number of hydrogen-bond acceptors (Lipinski definition) is 5. The number of nitrogens with zero attached hydrogens (tertiary/aromatic N) is 1. The standard InChI is InChI=1S/C16H16FN3O4S/c1-3-8-19-25(22,23)14-10-11(6-7-12(14)17)15(21)20-13-5-4-9-18-16(13)24-2/h3-7,9-10,19H,1,8H2,2H3,(H,20,21). The van der Waals surface area contributed by atoms with E-state index in [1.807, 2.05) is 0 Å². The number of halogens is 1. The van der Waals surface area contributed by atoms with E-state index in [2.05, 4.69) is 21.6 Å². The molecule has 9 heteroatoms. The summed E-state index contributed by atoms with van der Waals surface area (Å²) in [6.45, 7) is 3.32. The lowest BCUT2D eigenvalue weighted by Gasteiger charge is -2.10. The molecule has 0 bridgehead atoms. The van der Waals surface area contributed by atoms with E-state index in [1.165, 1.54) is 25.4 Å². The number of aromatic nitrogens is 1. The number of nitrogens with one attached hydrogen (secondary N) is 2. The zero-order valence-electron chi connectivity index (χ0n) is 13.3. The lowest BCUT2D eigenvalue weighted by Crippen LogP contribution is -2.25. The van der Waals surface area contributed by atoms with Gasteiger partial charge in [-0.2, -0.15) is 0 Å². The molecule has 0 aliphatic rings. The maximum atomic E-state index is 13.9. The molecule has 0 fully saturated rings. The number of amides is 1. The van der Waals surface area contributed by atoms with Crippen LogP contribution in [0.15, 0.2) is 54.1 Å². The van der Waals surface area contributed by atoms with E-state index in [4.69, 9.17) is 4.74 Å². The van der Waals surface area contributed by atoms with Crippen molar-refractivity contribution in [3.8, 4) is 5.88 Å². The van der Waals surface area contributed by atoms with Crippen molar-refractivity contribution in [2.45, 2.75) is 4.90 Å². The second-order valence-electron chi connectivity index (χ2n) is 4.80. The average molecular weight is 365 g/mol. The summed E-state index contributed by atoms with van der Waals surface area (Å²) in [5.74, 6) is -1.41. The minimum absolute atomic E-state index is 0.0358. The van der Waals surface area contributed by atoms with Gasteiger partial charge in [-0.25, -0.2) is 22.5 Å². The molecular formula is C16H16FN3O4S. The van der Waals surface area contributed by atoms with Crippen LogP contribution in [0.2, 0.25) is 0 Å². The van der Waals surface area contributed by atoms with Gasteiger partial charge in [-0.3, -0.25) is 4.79 Å². The van der Waals surface area contributed by atoms with Gasteiger partial charge in [0.15, 0.2) is 0 Å². The molecule has 0 saturated heterocycles. The smallest absolute Gasteiger partial charge is 0.255 e. The van der Waals surface area contributed by atoms with Crippen molar-refractivity contribution in [2.75, 3.05) is 19.0 Å². The van der Waals surface area contributed by atoms with Crippen LogP contribution in [0.3, 0.4) is 0 Å². The van der Waals surface area contributed by atoms with E-state index in [9.17, 15) is 17.6 Å². The van der Waals surface area contributed by atoms with E-state index in [0.717, 1.165) is 12.1 Å². The van der Waals surface area contributed by atoms with E-state index in [0.29, 0.717) is 5.69 Å². The molecule has 0 aliphatic carbocycles. The number of anilines is 1. The summed E-state index contributed by atoms with van der Waals surface area (Å²) in [5, 5.41) is 2.54. The van der Waals surface area contributed by atoms with Gasteiger partial charge in [-0.1, -0.05) is 6.08 Å². The Morgan fingerprint density at radius 2 is 2.16 bits per heavy atom. The van der Waals surface area contributed by atoms with Crippen LogP contribution in [0, 0.1) is 5.82 Å². The fourth-order valence-corrected chi connectivity index (χ4v) is 3.04. The number of sulfonamides is 1. The second kappa shape index (κ2) is 7.86. The maximum absolute atomic E-state index is 13.9. The normalized spacial score (nSPS) is 11.0. The van der Waals surface area contributed by atoms with Crippen LogP contribution in [-0.2, 0) is 10.0 Å². The molecule has 1 amide bonds. The quantitative estimate of drug-likeness (QED) is 0.731. The van der Waals surface area contributed by atoms with Crippen molar-refractivity contribution in [1.29, 1.82) is 0 Å². The highest BCUT2D eigenvalue weighted by Gasteiger charge is 2.21. The highest BCUT2D eigenvalue weighted by Crippen LogP contribution is 2.22. The fraction of sp³-hybridized carbons (Fsp3) is 0.125. The first-order chi connectivity index (χ1) is 11.9. The number of pyridine rings is 1. The number of carbonyl (C=O) groups is 1. The molecule has 0 unspecified atom stereocenters. The van der Waals surface area contributed by atoms with Gasteiger partial charge in [0.1, 0.15) is 16.4 Å². The molecule has 1 heterocycles. The van der Waals surface area contributed by atoms with Gasteiger partial charge in [-0.05, 0) is 30.3 Å². The Balaban J connectivity index is 2.32. The Morgan fingerprint density at radius 1 is 1.40 bits per heavy atom. The van der Waals surface area contributed by atoms with Crippen molar-refractivity contribution < 1.29 is 22.3 Å². The van der Waals surface area contributed by atoms with Crippen molar-refractivity contribution in [2.24, 2.45) is 0 Å². The van der Waals surface area contributed by atoms with Crippen LogP contribution in [0.4, 0.5) is 10.1 Å². The lowest BCUT2D eigenvalue weighted by atomic mass is 10.2. The lowest BCUT2D eigenvalue weighted by molar-refractivity contribution is 0.102. The number of hydrogen-bond donors (Lipinski definition) is 2. The average Bonchev–Trinajstić information content (AvgIpc) is 2.60. The molecule has 1 aromatic carbocycles. The molecular weight excluding hydrogens is 349 g/mol. The Kier molecular flexibility index (Phi) is 5.84. The number of ether oxygens (including phenoxy) is 1. The van der Waals surface area contributed by atoms with Crippen LogP contribution in [-0.4, -0.2) is 33.0 Å². The predicted octanol–water partition coefficient (Wildman–Crippen LogP) is 1.95. The summed E-state index contributed by atoms with van der Waals surface area (Å²) < 4.78 is 45.2. The summed E-state index contributed by atoms with van der Waals surface area (Å²) in [6.07, 6.45) is 2.81. The summed E-state index contributed by atoms with van der Waals surface area (Å²) in [5.41, 5.74) is 0.264. The predicted molar refractivity (Wildman–Crippen MR) is 90.5 cm³/mol. The number of methoxy groups -OCH3 is 1. The summed E-state index contributed by atoms with van der Waals surface area (Å²) in [7, 11) is -2.71. The number of rotatable bonds is 7. The molecule has 2 N–H and O–H groups in total. The molecule has 0 saturated carbocycles. The third-order valence-corrected chi connectivity index (χ3v) is 4.55. The van der Waals surface area contributed by atoms with Gasteiger partial charge in [0, 0.05) is 18.3 Å². The first-order valence-corrected chi connectivity index (χ1v) is 8.58. The summed E-state index contributed by atoms with van der Waals surface area (Å²) >= 11 is 0. The Morgan fingerprint density at radius 3 is 2.84 bits per heavy atom. The van der Waals surface area contributed by atoms with Crippen LogP contribution >= 0.6 is 0 Å². The molecule has 25 heavy (non-hydrogen) atoms. The van der Waals surface area contributed by atoms with Gasteiger partial charge in [0.05, 0.1) is 7.11 Å². The molecule has 0 radical (unpaired) electrons. The first kappa shape index (κ1) is 18.6. The van der Waals surface area contributed by atoms with Gasteiger partial charge >= 0.3 is 0 Å². The first-order valence-electron chi connectivity index (χ1n) is 7.09. The van der Waals surface area contributed by atoms with E-state index in [1.54, 1.807) is 12.1 Å². The third-order valence-electron chi connectivity index (χ3n) is 3.11. The molecule has 0 atom stereocenters. The molecule has 2 aromatic rings. The Labute approximate surface area is 144 Å². The zero-order chi connectivity index (χ0) is 18.4. The molecule has 2 rings (SSSR count). The van der Waals surface area contributed by atoms with Gasteiger partial charge in [0.25, 0.3) is 5.91 Å². The van der Waals surface area contributed by atoms with E-state index >= 15 is 0 Å². The highest BCUT2D eigenvalue weighted by atomic mass is 32.2. The van der Waals surface area contributed by atoms with Crippen LogP contribution in [0.25, 0.3) is 0 Å². The maximum Gasteiger partial charge on any atom is 0.255 e. The number of carbonyl (C=O) groups excluding carboxylic acids is 1. The van der Waals surface area contributed by atoms with Crippen molar-refractivity contribution in [3.63, 3.8) is 0 Å². The monoisotopic (exact) mass is 365 g/mol. The van der Waals surface area contributed by atoms with Gasteiger partial charge in [0.2, 0.25) is 15.9 Å². The summed E-state index contributed by atoms with van der Waals surface area (Å²) in [4.78, 5) is 15.6. The van der Waals surface area contributed by atoms with Crippen LogP contribution in [0.1, 0.15) is 10.4 Å². The Bertz CT molecular complexity index is 900. The third kappa shape index (κ3) is 4.40. The SMILES string of the molecule is C=CCNS(=O)(=O)c1cc(C(=O)Nc2cccnc2OC)ccc1F. The topological polar surface area (TPSA) is 97.4 Å². The van der Waals surface area contributed by atoms with Crippen molar-refractivity contribution >= 4 is 21.6 Å². The zero-order valence-corrected chi connectivity index (χ0v) is 14.1. The highest BCUT2D eigenvalue weighted by molar-refractivity contribution is 7.89. The number of benzene rings is 1. The van der Waals surface area contributed by atoms with Crippen LogP contribution in [0.5, 0.6) is 5.88 Å². The Hall–Kier alpha value is -2.78. The molecule has 1 aromatic heterocycles. The van der Waals surface area contributed by atoms with E-state index in [-0.39, 0.29) is 18.0 Å². The minimum Gasteiger partial charge on any atom is -0.480 e. The molecule has 7 nitrogen and oxygen atoms in total.